The molecule has 0 aliphatic rings. The zero-order chi connectivity index (χ0) is 13.5. The van der Waals surface area contributed by atoms with Crippen molar-refractivity contribution in [2.45, 2.75) is 6.92 Å². The van der Waals surface area contributed by atoms with Gasteiger partial charge in [-0.2, -0.15) is 0 Å². The fourth-order valence-corrected chi connectivity index (χ4v) is 1.21. The summed E-state index contributed by atoms with van der Waals surface area (Å²) in [6.45, 7) is 1.89. The Balaban J connectivity index is 2.84. The first-order valence-corrected chi connectivity index (χ1v) is 5.11. The first-order valence-electron chi connectivity index (χ1n) is 5.11. The van der Waals surface area contributed by atoms with Crippen molar-refractivity contribution in [2.24, 2.45) is 0 Å². The number of hydrogen-bond acceptors (Lipinski definition) is 5. The Morgan fingerprint density at radius 2 is 2.17 bits per heavy atom. The normalized spacial score (nSPS) is 9.89. The van der Waals surface area contributed by atoms with E-state index in [0.717, 1.165) is 0 Å². The number of nitro benzene ring substituents is 1. The van der Waals surface area contributed by atoms with Gasteiger partial charge in [0.1, 0.15) is 5.69 Å². The second kappa shape index (κ2) is 6.52. The maximum Gasteiger partial charge on any atom is 0.371 e. The van der Waals surface area contributed by atoms with E-state index in [1.54, 1.807) is 13.0 Å². The number of nitrogens with zero attached hydrogens (tertiary/aromatic N) is 2. The second-order valence-electron chi connectivity index (χ2n) is 3.06. The molecule has 98 valence electrons. The van der Waals surface area contributed by atoms with Crippen molar-refractivity contribution in [2.75, 3.05) is 19.0 Å². The topological polar surface area (TPSA) is 93.9 Å². The molecule has 18 heavy (non-hydrogen) atoms. The van der Waals surface area contributed by atoms with Gasteiger partial charge >= 0.3 is 6.03 Å². The van der Waals surface area contributed by atoms with Crippen LogP contribution in [0.2, 0.25) is 0 Å². The lowest BCUT2D eigenvalue weighted by atomic mass is 10.3. The van der Waals surface area contributed by atoms with Crippen molar-refractivity contribution in [3.63, 3.8) is 0 Å². The average Bonchev–Trinajstić information content (AvgIpc) is 2.36. The van der Waals surface area contributed by atoms with E-state index in [9.17, 15) is 14.9 Å². The average molecular weight is 255 g/mol. The number of carbonyl (C=O) groups excluding carboxylic acids is 1. The zero-order valence-electron chi connectivity index (χ0n) is 9.95. The van der Waals surface area contributed by atoms with Crippen LogP contribution in [0.1, 0.15) is 6.92 Å². The van der Waals surface area contributed by atoms with Crippen LogP contribution in [-0.2, 0) is 9.68 Å². The SMILES string of the molecule is CCON(OC)C(=O)Nc1ccccc1[N+](=O)[O-]. The molecule has 0 saturated carbocycles. The summed E-state index contributed by atoms with van der Waals surface area (Å²) in [5, 5.41) is 13.7. The van der Waals surface area contributed by atoms with Crippen LogP contribution in [0.15, 0.2) is 24.3 Å². The molecule has 0 spiro atoms. The van der Waals surface area contributed by atoms with Crippen molar-refractivity contribution < 1.29 is 19.4 Å². The summed E-state index contributed by atoms with van der Waals surface area (Å²) in [4.78, 5) is 31.3. The number of nitro groups is 1. The Morgan fingerprint density at radius 3 is 2.72 bits per heavy atom. The quantitative estimate of drug-likeness (QED) is 0.641. The number of urea groups is 1. The van der Waals surface area contributed by atoms with Gasteiger partial charge < -0.3 is 0 Å². The Labute approximate surface area is 103 Å². The van der Waals surface area contributed by atoms with E-state index < -0.39 is 11.0 Å². The molecule has 0 atom stereocenters. The van der Waals surface area contributed by atoms with E-state index in [-0.39, 0.29) is 18.0 Å². The molecular formula is C10H13N3O5. The van der Waals surface area contributed by atoms with Gasteiger partial charge in [-0.05, 0) is 13.0 Å². The van der Waals surface area contributed by atoms with Gasteiger partial charge in [0.25, 0.3) is 5.69 Å². The van der Waals surface area contributed by atoms with Gasteiger partial charge in [0, 0.05) is 6.07 Å². The van der Waals surface area contributed by atoms with Gasteiger partial charge in [-0.15, -0.1) is 0 Å². The predicted molar refractivity (Wildman–Crippen MR) is 62.6 cm³/mol. The number of rotatable bonds is 5. The number of hydroxylamine groups is 2. The third kappa shape index (κ3) is 3.40. The number of para-hydroxylation sites is 2. The van der Waals surface area contributed by atoms with E-state index in [2.05, 4.69) is 10.2 Å². The van der Waals surface area contributed by atoms with Gasteiger partial charge in [0.15, 0.2) is 0 Å². The summed E-state index contributed by atoms with van der Waals surface area (Å²) in [5.74, 6) is 0. The minimum atomic E-state index is -0.756. The van der Waals surface area contributed by atoms with Crippen LogP contribution in [-0.4, -0.2) is 29.9 Å². The first-order chi connectivity index (χ1) is 8.60. The second-order valence-corrected chi connectivity index (χ2v) is 3.06. The zero-order valence-corrected chi connectivity index (χ0v) is 9.95. The highest BCUT2D eigenvalue weighted by atomic mass is 17.0. The number of benzene rings is 1. The molecule has 0 aromatic heterocycles. The highest BCUT2D eigenvalue weighted by Crippen LogP contribution is 2.23. The van der Waals surface area contributed by atoms with Gasteiger partial charge in [0.05, 0.1) is 18.6 Å². The predicted octanol–water partition coefficient (Wildman–Crippen LogP) is 1.94. The standard InChI is InChI=1S/C10H13N3O5/c1-3-18-13(17-2)10(14)11-8-6-4-5-7-9(8)12(15)16/h4-7H,3H2,1-2H3,(H,11,14). The maximum atomic E-state index is 11.7. The van der Waals surface area contributed by atoms with E-state index in [1.165, 1.54) is 25.3 Å². The summed E-state index contributed by atoms with van der Waals surface area (Å²) >= 11 is 0. The lowest BCUT2D eigenvalue weighted by Crippen LogP contribution is -2.34. The fraction of sp³-hybridized carbons (Fsp3) is 0.300. The van der Waals surface area contributed by atoms with Gasteiger partial charge in [0.2, 0.25) is 0 Å². The molecular weight excluding hydrogens is 242 g/mol. The number of anilines is 1. The maximum absolute atomic E-state index is 11.7. The van der Waals surface area contributed by atoms with Gasteiger partial charge in [-0.25, -0.2) is 14.5 Å². The molecule has 8 heteroatoms. The van der Waals surface area contributed by atoms with Crippen LogP contribution in [0, 0.1) is 10.1 Å². The molecule has 1 rings (SSSR count). The molecule has 1 aromatic carbocycles. The molecule has 1 aromatic rings. The highest BCUT2D eigenvalue weighted by Gasteiger charge is 2.19. The third-order valence-electron chi connectivity index (χ3n) is 1.92. The van der Waals surface area contributed by atoms with Crippen molar-refractivity contribution in [1.82, 2.24) is 5.23 Å². The summed E-state index contributed by atoms with van der Waals surface area (Å²) in [5.41, 5.74) is -0.146. The Kier molecular flexibility index (Phi) is 5.03. The molecule has 8 nitrogen and oxygen atoms in total. The highest BCUT2D eigenvalue weighted by molar-refractivity contribution is 5.90. The lowest BCUT2D eigenvalue weighted by molar-refractivity contribution is -0.384. The molecule has 0 unspecified atom stereocenters. The van der Waals surface area contributed by atoms with E-state index in [0.29, 0.717) is 5.23 Å². The van der Waals surface area contributed by atoms with E-state index >= 15 is 0 Å². The minimum Gasteiger partial charge on any atom is -0.298 e. The number of hydrogen-bond donors (Lipinski definition) is 1. The van der Waals surface area contributed by atoms with Crippen molar-refractivity contribution in [3.05, 3.63) is 34.4 Å². The third-order valence-corrected chi connectivity index (χ3v) is 1.92. The van der Waals surface area contributed by atoms with E-state index in [1.807, 2.05) is 0 Å². The number of amides is 2. The van der Waals surface area contributed by atoms with Gasteiger partial charge in [-0.3, -0.25) is 15.4 Å². The molecule has 1 N–H and O–H groups in total. The number of nitrogens with one attached hydrogen (secondary N) is 1. The monoisotopic (exact) mass is 255 g/mol. The van der Waals surface area contributed by atoms with Gasteiger partial charge in [-0.1, -0.05) is 17.4 Å². The van der Waals surface area contributed by atoms with Crippen LogP contribution < -0.4 is 5.32 Å². The van der Waals surface area contributed by atoms with Crippen LogP contribution in [0.3, 0.4) is 0 Å². The number of carbonyl (C=O) groups is 1. The first kappa shape index (κ1) is 13.9. The van der Waals surface area contributed by atoms with E-state index in [4.69, 9.17) is 4.84 Å². The summed E-state index contributed by atoms with van der Waals surface area (Å²) in [6.07, 6.45) is 0. The largest absolute Gasteiger partial charge is 0.371 e. The molecule has 0 radical (unpaired) electrons. The summed E-state index contributed by atoms with van der Waals surface area (Å²) in [6, 6.07) is 5.02. The van der Waals surface area contributed by atoms with Crippen molar-refractivity contribution >= 4 is 17.4 Å². The molecule has 0 saturated heterocycles. The smallest absolute Gasteiger partial charge is 0.298 e. The minimum absolute atomic E-state index is 0.0641. The van der Waals surface area contributed by atoms with Crippen molar-refractivity contribution in [1.29, 1.82) is 0 Å². The van der Waals surface area contributed by atoms with Crippen molar-refractivity contribution in [3.8, 4) is 0 Å². The summed E-state index contributed by atoms with van der Waals surface area (Å²) in [7, 11) is 1.24. The van der Waals surface area contributed by atoms with Crippen LogP contribution in [0.25, 0.3) is 0 Å². The lowest BCUT2D eigenvalue weighted by Gasteiger charge is -2.17. The molecule has 2 amide bonds. The molecule has 0 aliphatic heterocycles. The Morgan fingerprint density at radius 1 is 1.50 bits per heavy atom. The van der Waals surface area contributed by atoms with Crippen LogP contribution in [0.4, 0.5) is 16.2 Å². The van der Waals surface area contributed by atoms with Crippen LogP contribution >= 0.6 is 0 Å². The molecule has 0 fully saturated rings. The Hall–Kier alpha value is -2.19. The molecule has 0 bridgehead atoms. The molecule has 0 heterocycles. The van der Waals surface area contributed by atoms with Crippen LogP contribution in [0.5, 0.6) is 0 Å². The fourth-order valence-electron chi connectivity index (χ4n) is 1.21. The summed E-state index contributed by atoms with van der Waals surface area (Å²) < 4.78 is 0. The molecule has 0 aliphatic carbocycles. The Bertz CT molecular complexity index is 437.